The van der Waals surface area contributed by atoms with Crippen LogP contribution in [0.1, 0.15) is 24.0 Å². The van der Waals surface area contributed by atoms with Crippen LogP contribution in [0.3, 0.4) is 0 Å². The number of ether oxygens (including phenoxy) is 1. The van der Waals surface area contributed by atoms with Crippen molar-refractivity contribution in [1.82, 2.24) is 14.9 Å². The molecule has 25 heavy (non-hydrogen) atoms. The van der Waals surface area contributed by atoms with E-state index in [0.29, 0.717) is 13.1 Å². The lowest BCUT2D eigenvalue weighted by atomic mass is 10.1. The van der Waals surface area contributed by atoms with Gasteiger partial charge < -0.3 is 15.0 Å². The summed E-state index contributed by atoms with van der Waals surface area (Å²) in [5.41, 5.74) is 2.99. The van der Waals surface area contributed by atoms with Crippen molar-refractivity contribution in [2.75, 3.05) is 18.4 Å². The van der Waals surface area contributed by atoms with Crippen LogP contribution in [0.2, 0.25) is 0 Å². The zero-order chi connectivity index (χ0) is 17.8. The van der Waals surface area contributed by atoms with Gasteiger partial charge in [0.25, 0.3) is 0 Å². The first-order valence-corrected chi connectivity index (χ1v) is 8.28. The molecule has 1 atom stereocenters. The van der Waals surface area contributed by atoms with Gasteiger partial charge in [-0.15, -0.1) is 0 Å². The third-order valence-corrected chi connectivity index (χ3v) is 4.01. The summed E-state index contributed by atoms with van der Waals surface area (Å²) >= 11 is 0. The first-order valence-electron chi connectivity index (χ1n) is 8.28. The van der Waals surface area contributed by atoms with Crippen LogP contribution in [0.4, 0.5) is 14.9 Å². The van der Waals surface area contributed by atoms with Crippen LogP contribution >= 0.6 is 0 Å². The fourth-order valence-electron chi connectivity index (χ4n) is 2.98. The Bertz CT molecular complexity index is 731. The molecule has 1 aliphatic rings. The number of halogens is 1. The quantitative estimate of drug-likeness (QED) is 0.928. The van der Waals surface area contributed by atoms with E-state index in [4.69, 9.17) is 4.74 Å². The van der Waals surface area contributed by atoms with Crippen molar-refractivity contribution in [3.05, 3.63) is 47.5 Å². The van der Waals surface area contributed by atoms with Gasteiger partial charge in [0.2, 0.25) is 0 Å². The van der Waals surface area contributed by atoms with Crippen LogP contribution in [0.25, 0.3) is 0 Å². The SMILES string of the molecule is Cc1cc(C)cc(NC(=O)N2CCCC(Oc3ncc(F)cn3)C2)c1. The normalized spacial score (nSPS) is 17.2. The number of rotatable bonds is 3. The van der Waals surface area contributed by atoms with Crippen LogP contribution in [-0.4, -0.2) is 40.1 Å². The van der Waals surface area contributed by atoms with Crippen molar-refractivity contribution in [3.8, 4) is 6.01 Å². The number of nitrogens with one attached hydrogen (secondary N) is 1. The molecule has 1 aromatic carbocycles. The van der Waals surface area contributed by atoms with Crippen molar-refractivity contribution in [2.24, 2.45) is 0 Å². The minimum Gasteiger partial charge on any atom is -0.458 e. The minimum absolute atomic E-state index is 0.128. The highest BCUT2D eigenvalue weighted by Crippen LogP contribution is 2.18. The Labute approximate surface area is 146 Å². The summed E-state index contributed by atoms with van der Waals surface area (Å²) in [4.78, 5) is 21.8. The minimum atomic E-state index is -0.509. The number of amides is 2. The molecule has 1 saturated heterocycles. The number of benzene rings is 1. The summed E-state index contributed by atoms with van der Waals surface area (Å²) < 4.78 is 18.5. The predicted molar refractivity (Wildman–Crippen MR) is 92.1 cm³/mol. The number of carbonyl (C=O) groups is 1. The van der Waals surface area contributed by atoms with Gasteiger partial charge in [0.15, 0.2) is 5.82 Å². The van der Waals surface area contributed by atoms with Gasteiger partial charge in [-0.25, -0.2) is 19.2 Å². The van der Waals surface area contributed by atoms with Gasteiger partial charge in [-0.3, -0.25) is 0 Å². The number of piperidine rings is 1. The molecule has 1 aliphatic heterocycles. The number of aryl methyl sites for hydroxylation is 2. The summed E-state index contributed by atoms with van der Waals surface area (Å²) in [6.45, 7) is 5.10. The number of carbonyl (C=O) groups excluding carboxylic acids is 1. The third kappa shape index (κ3) is 4.65. The molecular formula is C18H21FN4O2. The molecule has 132 valence electrons. The second-order valence-corrected chi connectivity index (χ2v) is 6.32. The van der Waals surface area contributed by atoms with E-state index in [0.717, 1.165) is 42.0 Å². The van der Waals surface area contributed by atoms with Crippen molar-refractivity contribution in [2.45, 2.75) is 32.8 Å². The molecule has 1 N–H and O–H groups in total. The predicted octanol–water partition coefficient (Wildman–Crippen LogP) is 3.31. The van der Waals surface area contributed by atoms with Crippen LogP contribution in [0.5, 0.6) is 6.01 Å². The maximum atomic E-state index is 12.9. The van der Waals surface area contributed by atoms with Crippen LogP contribution in [0.15, 0.2) is 30.6 Å². The lowest BCUT2D eigenvalue weighted by Gasteiger charge is -2.32. The molecule has 0 spiro atoms. The Morgan fingerprint density at radius 1 is 1.24 bits per heavy atom. The van der Waals surface area contributed by atoms with E-state index < -0.39 is 5.82 Å². The average molecular weight is 344 g/mol. The smallest absolute Gasteiger partial charge is 0.321 e. The zero-order valence-electron chi connectivity index (χ0n) is 14.3. The van der Waals surface area contributed by atoms with Crippen LogP contribution in [-0.2, 0) is 0 Å². The molecule has 0 saturated carbocycles. The van der Waals surface area contributed by atoms with E-state index in [9.17, 15) is 9.18 Å². The van der Waals surface area contributed by atoms with Gasteiger partial charge in [0.1, 0.15) is 6.10 Å². The third-order valence-electron chi connectivity index (χ3n) is 4.01. The van der Waals surface area contributed by atoms with E-state index in [2.05, 4.69) is 21.4 Å². The summed E-state index contributed by atoms with van der Waals surface area (Å²) in [5, 5.41) is 2.94. The molecule has 0 bridgehead atoms. The monoisotopic (exact) mass is 344 g/mol. The molecule has 2 aromatic rings. The first kappa shape index (κ1) is 17.1. The largest absolute Gasteiger partial charge is 0.458 e. The molecule has 7 heteroatoms. The highest BCUT2D eigenvalue weighted by Gasteiger charge is 2.25. The van der Waals surface area contributed by atoms with E-state index >= 15 is 0 Å². The summed E-state index contributed by atoms with van der Waals surface area (Å²) in [6.07, 6.45) is 3.55. The number of hydrogen-bond acceptors (Lipinski definition) is 4. The highest BCUT2D eigenvalue weighted by atomic mass is 19.1. The maximum absolute atomic E-state index is 12.9. The van der Waals surface area contributed by atoms with Gasteiger partial charge in [-0.1, -0.05) is 6.07 Å². The van der Waals surface area contributed by atoms with Crippen molar-refractivity contribution in [3.63, 3.8) is 0 Å². The zero-order valence-corrected chi connectivity index (χ0v) is 14.3. The van der Waals surface area contributed by atoms with Crippen molar-refractivity contribution < 1.29 is 13.9 Å². The molecule has 0 radical (unpaired) electrons. The van der Waals surface area contributed by atoms with E-state index in [-0.39, 0.29) is 18.1 Å². The summed E-state index contributed by atoms with van der Waals surface area (Å²) in [5.74, 6) is -0.509. The topological polar surface area (TPSA) is 67.4 Å². The van der Waals surface area contributed by atoms with Crippen LogP contribution < -0.4 is 10.1 Å². The fourth-order valence-corrected chi connectivity index (χ4v) is 2.98. The first-order chi connectivity index (χ1) is 12.0. The standard InChI is InChI=1S/C18H21FN4O2/c1-12-6-13(2)8-15(7-12)22-18(24)23-5-3-4-16(11-23)25-17-20-9-14(19)10-21-17/h6-10,16H,3-5,11H2,1-2H3,(H,22,24). The summed E-state index contributed by atoms with van der Waals surface area (Å²) in [7, 11) is 0. The molecular weight excluding hydrogens is 323 g/mol. The number of hydrogen-bond donors (Lipinski definition) is 1. The van der Waals surface area contributed by atoms with Gasteiger partial charge in [0.05, 0.1) is 18.9 Å². The lowest BCUT2D eigenvalue weighted by molar-refractivity contribution is 0.0981. The fraction of sp³-hybridized carbons (Fsp3) is 0.389. The van der Waals surface area contributed by atoms with Crippen molar-refractivity contribution in [1.29, 1.82) is 0 Å². The van der Waals surface area contributed by atoms with Crippen LogP contribution in [0, 0.1) is 19.7 Å². The van der Waals surface area contributed by atoms with Gasteiger partial charge >= 0.3 is 12.0 Å². The molecule has 0 aliphatic carbocycles. The van der Waals surface area contributed by atoms with Gasteiger partial charge in [-0.05, 0) is 49.9 Å². The Morgan fingerprint density at radius 3 is 2.60 bits per heavy atom. The molecule has 2 amide bonds. The molecule has 1 fully saturated rings. The molecule has 1 aromatic heterocycles. The second-order valence-electron chi connectivity index (χ2n) is 6.32. The van der Waals surface area contributed by atoms with E-state index in [1.807, 2.05) is 26.0 Å². The average Bonchev–Trinajstić information content (AvgIpc) is 2.56. The number of anilines is 1. The van der Waals surface area contributed by atoms with Gasteiger partial charge in [-0.2, -0.15) is 0 Å². The van der Waals surface area contributed by atoms with Gasteiger partial charge in [0, 0.05) is 12.2 Å². The Kier molecular flexibility index (Phi) is 5.11. The second kappa shape index (κ2) is 7.46. The highest BCUT2D eigenvalue weighted by molar-refractivity contribution is 5.89. The lowest BCUT2D eigenvalue weighted by Crippen LogP contribution is -2.46. The number of aromatic nitrogens is 2. The molecule has 3 rings (SSSR count). The Balaban J connectivity index is 1.60. The number of urea groups is 1. The maximum Gasteiger partial charge on any atom is 0.321 e. The summed E-state index contributed by atoms with van der Waals surface area (Å²) in [6, 6.07) is 5.91. The Morgan fingerprint density at radius 2 is 1.92 bits per heavy atom. The van der Waals surface area contributed by atoms with E-state index in [1.165, 1.54) is 0 Å². The molecule has 2 heterocycles. The van der Waals surface area contributed by atoms with Crippen molar-refractivity contribution >= 4 is 11.7 Å². The Hall–Kier alpha value is -2.70. The molecule has 6 nitrogen and oxygen atoms in total. The molecule has 1 unspecified atom stereocenters. The van der Waals surface area contributed by atoms with E-state index in [1.54, 1.807) is 4.90 Å². The number of nitrogens with zero attached hydrogens (tertiary/aromatic N) is 3. The number of likely N-dealkylation sites (tertiary alicyclic amines) is 1.